The van der Waals surface area contributed by atoms with Crippen molar-refractivity contribution in [3.8, 4) is 28.5 Å². The van der Waals surface area contributed by atoms with Crippen LogP contribution in [-0.2, 0) is 10.8 Å². The summed E-state index contributed by atoms with van der Waals surface area (Å²) in [4.78, 5) is 4.79. The number of aliphatic hydroxyl groups excluding tert-OH is 1. The van der Waals surface area contributed by atoms with E-state index in [-0.39, 0.29) is 5.75 Å². The molecule has 0 aliphatic rings. The SMILES string of the molecule is CCCCCCCC[S@@](=O)C[C@H](O)CSc1nc(-c2ccccc2)cc(-c2ccccc2)c1C#N. The fraction of sp³-hybridized carbons (Fsp3) is 0.379. The number of hydrogen-bond acceptors (Lipinski definition) is 5. The van der Waals surface area contributed by atoms with E-state index in [2.05, 4.69) is 13.0 Å². The van der Waals surface area contributed by atoms with Gasteiger partial charge in [0.1, 0.15) is 11.1 Å². The lowest BCUT2D eigenvalue weighted by Gasteiger charge is -2.14. The van der Waals surface area contributed by atoms with Gasteiger partial charge in [-0.25, -0.2) is 4.98 Å². The van der Waals surface area contributed by atoms with Gasteiger partial charge in [-0.1, -0.05) is 99.7 Å². The normalized spacial score (nSPS) is 12.7. The first-order valence-corrected chi connectivity index (χ1v) is 14.8. The highest BCUT2D eigenvalue weighted by Crippen LogP contribution is 2.34. The van der Waals surface area contributed by atoms with E-state index in [1.54, 1.807) is 0 Å². The summed E-state index contributed by atoms with van der Waals surface area (Å²) < 4.78 is 12.4. The van der Waals surface area contributed by atoms with E-state index in [1.165, 1.54) is 37.4 Å². The lowest BCUT2D eigenvalue weighted by Crippen LogP contribution is -2.21. The largest absolute Gasteiger partial charge is 0.391 e. The van der Waals surface area contributed by atoms with Crippen molar-refractivity contribution in [3.63, 3.8) is 0 Å². The molecule has 4 nitrogen and oxygen atoms in total. The second kappa shape index (κ2) is 14.8. The molecule has 0 fully saturated rings. The molecule has 0 aliphatic carbocycles. The summed E-state index contributed by atoms with van der Waals surface area (Å²) in [5.74, 6) is 1.24. The average molecular weight is 507 g/mol. The van der Waals surface area contributed by atoms with Crippen LogP contribution in [0.1, 0.15) is 51.0 Å². The van der Waals surface area contributed by atoms with E-state index in [0.717, 1.165) is 35.2 Å². The molecule has 35 heavy (non-hydrogen) atoms. The maximum absolute atomic E-state index is 12.4. The summed E-state index contributed by atoms with van der Waals surface area (Å²) in [6.07, 6.45) is 6.23. The highest BCUT2D eigenvalue weighted by Gasteiger charge is 2.18. The molecule has 3 rings (SSSR count). The molecule has 0 radical (unpaired) electrons. The summed E-state index contributed by atoms with van der Waals surface area (Å²) in [5, 5.41) is 21.1. The highest BCUT2D eigenvalue weighted by molar-refractivity contribution is 7.99. The molecule has 0 aliphatic heterocycles. The van der Waals surface area contributed by atoms with Gasteiger partial charge in [0.15, 0.2) is 0 Å². The van der Waals surface area contributed by atoms with Crippen LogP contribution in [0.15, 0.2) is 71.8 Å². The molecule has 0 spiro atoms. The molecule has 1 heterocycles. The quantitative estimate of drug-likeness (QED) is 0.191. The molecule has 6 heteroatoms. The predicted molar refractivity (Wildman–Crippen MR) is 148 cm³/mol. The third-order valence-electron chi connectivity index (χ3n) is 5.77. The molecular formula is C29H34N2O2S2. The zero-order chi connectivity index (χ0) is 24.9. The number of nitriles is 1. The van der Waals surface area contributed by atoms with Crippen molar-refractivity contribution in [3.05, 3.63) is 72.3 Å². The predicted octanol–water partition coefficient (Wildman–Crippen LogP) is 6.85. The first kappa shape index (κ1) is 27.1. The third-order valence-corrected chi connectivity index (χ3v) is 8.39. The zero-order valence-corrected chi connectivity index (χ0v) is 22.0. The Hall–Kier alpha value is -2.46. The fourth-order valence-electron chi connectivity index (χ4n) is 3.90. The van der Waals surface area contributed by atoms with Gasteiger partial charge in [-0.3, -0.25) is 4.21 Å². The summed E-state index contributed by atoms with van der Waals surface area (Å²) in [7, 11) is -1.04. The standard InChI is InChI=1S/C29H34N2O2S2/c1-2-3-4-5-6-13-18-35(33)22-25(32)21-34-29-27(20-30)26(23-14-9-7-10-15-23)19-28(31-29)24-16-11-8-12-17-24/h7-12,14-17,19,25,32H,2-6,13,18,21-22H2,1H3/t25-,35-/m1/s1. The van der Waals surface area contributed by atoms with Crippen LogP contribution < -0.4 is 0 Å². The molecule has 2 aromatic carbocycles. The van der Waals surface area contributed by atoms with E-state index < -0.39 is 16.9 Å². The Morgan fingerprint density at radius 3 is 2.26 bits per heavy atom. The van der Waals surface area contributed by atoms with Crippen molar-refractivity contribution in [2.24, 2.45) is 0 Å². The molecule has 0 unspecified atom stereocenters. The van der Waals surface area contributed by atoms with Gasteiger partial charge >= 0.3 is 0 Å². The van der Waals surface area contributed by atoms with Gasteiger partial charge in [0.25, 0.3) is 0 Å². The lowest BCUT2D eigenvalue weighted by atomic mass is 9.99. The van der Waals surface area contributed by atoms with Crippen LogP contribution in [0, 0.1) is 11.3 Å². The Labute approximate surface area is 216 Å². The van der Waals surface area contributed by atoms with Crippen LogP contribution in [0.25, 0.3) is 22.4 Å². The molecule has 184 valence electrons. The van der Waals surface area contributed by atoms with Crippen molar-refractivity contribution < 1.29 is 9.32 Å². The highest BCUT2D eigenvalue weighted by atomic mass is 32.2. The van der Waals surface area contributed by atoms with Crippen LogP contribution >= 0.6 is 11.8 Å². The molecule has 3 aromatic rings. The van der Waals surface area contributed by atoms with Gasteiger partial charge in [-0.2, -0.15) is 5.26 Å². The molecule has 0 amide bonds. The summed E-state index contributed by atoms with van der Waals surface area (Å²) in [6, 6.07) is 24.0. The van der Waals surface area contributed by atoms with Crippen LogP contribution in [0.3, 0.4) is 0 Å². The summed E-state index contributed by atoms with van der Waals surface area (Å²) in [6.45, 7) is 2.20. The Morgan fingerprint density at radius 1 is 0.971 bits per heavy atom. The Bertz CT molecular complexity index is 1110. The number of nitrogens with zero attached hydrogens (tertiary/aromatic N) is 2. The van der Waals surface area contributed by atoms with Crippen LogP contribution in [-0.4, -0.2) is 37.7 Å². The van der Waals surface area contributed by atoms with E-state index in [0.29, 0.717) is 22.1 Å². The second-order valence-electron chi connectivity index (χ2n) is 8.62. The molecule has 0 saturated heterocycles. The number of thioether (sulfide) groups is 1. The minimum Gasteiger partial charge on any atom is -0.391 e. The number of hydrogen-bond donors (Lipinski definition) is 1. The Kier molecular flexibility index (Phi) is 11.5. The van der Waals surface area contributed by atoms with Gasteiger partial charge in [0, 0.05) is 33.4 Å². The summed E-state index contributed by atoms with van der Waals surface area (Å²) >= 11 is 1.36. The minimum absolute atomic E-state index is 0.258. The van der Waals surface area contributed by atoms with Crippen LogP contribution in [0.5, 0.6) is 0 Å². The molecule has 0 bridgehead atoms. The number of aromatic nitrogens is 1. The fourth-order valence-corrected chi connectivity index (χ4v) is 6.22. The van der Waals surface area contributed by atoms with Crippen molar-refractivity contribution in [1.29, 1.82) is 5.26 Å². The number of unbranched alkanes of at least 4 members (excludes halogenated alkanes) is 5. The maximum Gasteiger partial charge on any atom is 0.115 e. The van der Waals surface area contributed by atoms with Crippen LogP contribution in [0.2, 0.25) is 0 Å². The number of aliphatic hydroxyl groups is 1. The number of benzene rings is 2. The molecule has 1 aromatic heterocycles. The van der Waals surface area contributed by atoms with Gasteiger partial charge < -0.3 is 5.11 Å². The lowest BCUT2D eigenvalue weighted by molar-refractivity contribution is 0.224. The first-order chi connectivity index (χ1) is 17.1. The van der Waals surface area contributed by atoms with Crippen molar-refractivity contribution in [2.75, 3.05) is 17.3 Å². The van der Waals surface area contributed by atoms with Gasteiger partial charge in [-0.05, 0) is 18.1 Å². The molecule has 0 saturated carbocycles. The smallest absolute Gasteiger partial charge is 0.115 e. The van der Waals surface area contributed by atoms with Gasteiger partial charge in [-0.15, -0.1) is 11.8 Å². The first-order valence-electron chi connectivity index (χ1n) is 12.3. The van der Waals surface area contributed by atoms with E-state index in [9.17, 15) is 14.6 Å². The second-order valence-corrected chi connectivity index (χ2v) is 11.3. The monoisotopic (exact) mass is 506 g/mol. The minimum atomic E-state index is -1.04. The van der Waals surface area contributed by atoms with E-state index >= 15 is 0 Å². The summed E-state index contributed by atoms with van der Waals surface area (Å²) in [5.41, 5.74) is 4.03. The Balaban J connectivity index is 1.70. The van der Waals surface area contributed by atoms with Crippen molar-refractivity contribution in [1.82, 2.24) is 4.98 Å². The van der Waals surface area contributed by atoms with Crippen molar-refractivity contribution in [2.45, 2.75) is 56.6 Å². The van der Waals surface area contributed by atoms with E-state index in [4.69, 9.17) is 4.98 Å². The molecule has 2 atom stereocenters. The van der Waals surface area contributed by atoms with Gasteiger partial charge in [0.05, 0.1) is 23.1 Å². The van der Waals surface area contributed by atoms with Crippen LogP contribution in [0.4, 0.5) is 0 Å². The third kappa shape index (κ3) is 8.61. The molecular weight excluding hydrogens is 472 g/mol. The molecule has 1 N–H and O–H groups in total. The zero-order valence-electron chi connectivity index (χ0n) is 20.4. The number of pyridine rings is 1. The number of rotatable bonds is 14. The maximum atomic E-state index is 12.4. The Morgan fingerprint density at radius 2 is 1.60 bits per heavy atom. The van der Waals surface area contributed by atoms with Gasteiger partial charge in [0.2, 0.25) is 0 Å². The van der Waals surface area contributed by atoms with E-state index in [1.807, 2.05) is 66.7 Å². The average Bonchev–Trinajstić information content (AvgIpc) is 2.90. The topological polar surface area (TPSA) is 74.0 Å². The van der Waals surface area contributed by atoms with Crippen molar-refractivity contribution >= 4 is 22.6 Å².